The molecule has 1 heterocycles. The highest BCUT2D eigenvalue weighted by Gasteiger charge is 2.21. The lowest BCUT2D eigenvalue weighted by molar-refractivity contribution is -0.115. The number of benzene rings is 3. The first kappa shape index (κ1) is 25.5. The predicted octanol–water partition coefficient (Wildman–Crippen LogP) is 4.28. The van der Waals surface area contributed by atoms with Gasteiger partial charge in [0.15, 0.2) is 15.7 Å². The second-order valence-corrected chi connectivity index (χ2v) is 10.7. The lowest BCUT2D eigenvalue weighted by atomic mass is 10.2. The topological polar surface area (TPSA) is 122 Å². The summed E-state index contributed by atoms with van der Waals surface area (Å²) in [5.41, 5.74) is 2.49. The Morgan fingerprint density at radius 3 is 2.47 bits per heavy atom. The number of para-hydroxylation sites is 2. The van der Waals surface area contributed by atoms with E-state index in [1.807, 2.05) is 24.3 Å². The largest absolute Gasteiger partial charge is 0.497 e. The van der Waals surface area contributed by atoms with Crippen molar-refractivity contribution in [3.05, 3.63) is 76.9 Å². The number of carbonyl (C=O) groups is 1. The summed E-state index contributed by atoms with van der Waals surface area (Å²) in [4.78, 5) is 21.3. The molecule has 4 aromatic rings. The van der Waals surface area contributed by atoms with Gasteiger partial charge >= 0.3 is 0 Å². The second kappa shape index (κ2) is 11.0. The molecule has 0 saturated carbocycles. The summed E-state index contributed by atoms with van der Waals surface area (Å²) in [7, 11) is -0.617. The maximum Gasteiger partial charge on any atom is 0.238 e. The van der Waals surface area contributed by atoms with E-state index in [0.717, 1.165) is 4.47 Å². The summed E-state index contributed by atoms with van der Waals surface area (Å²) in [6, 6.07) is 18.8. The molecule has 9 nitrogen and oxygen atoms in total. The van der Waals surface area contributed by atoms with E-state index in [-0.39, 0.29) is 23.0 Å². The normalized spacial score (nSPS) is 11.3. The van der Waals surface area contributed by atoms with Crippen LogP contribution in [-0.4, -0.2) is 45.0 Å². The number of halogens is 1. The standard InChI is InChI=1S/C25H24BrN5O4S/c1-27-14-24(32)28-16-6-5-7-18(12-16)36(33,34)15-23-25(30-21-9-4-3-8-20(21)29-23)31-22-13-17(35-2)10-11-19(22)26/h3-13,27H,14-15H2,1-2H3,(H,28,32)(H,30,31). The molecule has 0 saturated heterocycles. The quantitative estimate of drug-likeness (QED) is 0.273. The molecule has 0 spiro atoms. The number of sulfone groups is 1. The number of rotatable bonds is 9. The van der Waals surface area contributed by atoms with Gasteiger partial charge in [-0.25, -0.2) is 18.4 Å². The molecule has 186 valence electrons. The van der Waals surface area contributed by atoms with E-state index in [1.54, 1.807) is 44.5 Å². The van der Waals surface area contributed by atoms with Crippen LogP contribution >= 0.6 is 15.9 Å². The van der Waals surface area contributed by atoms with Crippen LogP contribution < -0.4 is 20.7 Å². The third-order valence-electron chi connectivity index (χ3n) is 5.21. The van der Waals surface area contributed by atoms with Gasteiger partial charge in [-0.05, 0) is 65.4 Å². The maximum atomic E-state index is 13.4. The monoisotopic (exact) mass is 569 g/mol. The zero-order chi connectivity index (χ0) is 25.7. The summed E-state index contributed by atoms with van der Waals surface area (Å²) in [5.74, 6) is 0.260. The zero-order valence-corrected chi connectivity index (χ0v) is 22.0. The Morgan fingerprint density at radius 1 is 1.00 bits per heavy atom. The number of fused-ring (bicyclic) bond motifs is 1. The Morgan fingerprint density at radius 2 is 1.75 bits per heavy atom. The van der Waals surface area contributed by atoms with Crippen LogP contribution in [0.5, 0.6) is 5.75 Å². The third kappa shape index (κ3) is 5.99. The molecular formula is C25H24BrN5O4S. The molecule has 1 aromatic heterocycles. The minimum atomic E-state index is -3.84. The second-order valence-electron chi connectivity index (χ2n) is 7.84. The Bertz CT molecular complexity index is 1530. The van der Waals surface area contributed by atoms with E-state index in [9.17, 15) is 13.2 Å². The summed E-state index contributed by atoms with van der Waals surface area (Å²) in [6.07, 6.45) is 0. The van der Waals surface area contributed by atoms with Gasteiger partial charge in [0.25, 0.3) is 0 Å². The van der Waals surface area contributed by atoms with Crippen molar-refractivity contribution in [2.75, 3.05) is 31.3 Å². The molecule has 0 unspecified atom stereocenters. The van der Waals surface area contributed by atoms with Crippen LogP contribution in [0.3, 0.4) is 0 Å². The highest BCUT2D eigenvalue weighted by molar-refractivity contribution is 9.10. The van der Waals surface area contributed by atoms with Crippen molar-refractivity contribution in [1.82, 2.24) is 15.3 Å². The van der Waals surface area contributed by atoms with E-state index in [1.165, 1.54) is 12.1 Å². The summed E-state index contributed by atoms with van der Waals surface area (Å²) < 4.78 is 32.9. The number of methoxy groups -OCH3 is 1. The minimum Gasteiger partial charge on any atom is -0.497 e. The first-order valence-corrected chi connectivity index (χ1v) is 13.4. The number of amides is 1. The van der Waals surface area contributed by atoms with Gasteiger partial charge in [-0.15, -0.1) is 0 Å². The first-order chi connectivity index (χ1) is 17.3. The van der Waals surface area contributed by atoms with Crippen molar-refractivity contribution in [1.29, 1.82) is 0 Å². The molecule has 1 amide bonds. The van der Waals surface area contributed by atoms with Crippen LogP contribution in [0.15, 0.2) is 76.1 Å². The molecule has 3 aromatic carbocycles. The number of hydrogen-bond acceptors (Lipinski definition) is 8. The lowest BCUT2D eigenvalue weighted by Crippen LogP contribution is -2.25. The summed E-state index contributed by atoms with van der Waals surface area (Å²) in [5, 5.41) is 8.64. The van der Waals surface area contributed by atoms with Gasteiger partial charge in [-0.2, -0.15) is 0 Å². The van der Waals surface area contributed by atoms with Gasteiger partial charge in [0, 0.05) is 16.2 Å². The number of hydrogen-bond donors (Lipinski definition) is 3. The number of aromatic nitrogens is 2. The number of ether oxygens (including phenoxy) is 1. The molecule has 11 heteroatoms. The number of nitrogens with zero attached hydrogens (tertiary/aromatic N) is 2. The maximum absolute atomic E-state index is 13.4. The van der Waals surface area contributed by atoms with Gasteiger partial charge in [0.2, 0.25) is 5.91 Å². The Labute approximate surface area is 217 Å². The van der Waals surface area contributed by atoms with Crippen LogP contribution in [0.1, 0.15) is 5.69 Å². The van der Waals surface area contributed by atoms with Crippen molar-refractivity contribution < 1.29 is 17.9 Å². The van der Waals surface area contributed by atoms with E-state index >= 15 is 0 Å². The van der Waals surface area contributed by atoms with Crippen molar-refractivity contribution in [2.45, 2.75) is 10.6 Å². The molecule has 0 fully saturated rings. The fourth-order valence-corrected chi connectivity index (χ4v) is 5.15. The van der Waals surface area contributed by atoms with E-state index < -0.39 is 15.6 Å². The molecule has 3 N–H and O–H groups in total. The lowest BCUT2D eigenvalue weighted by Gasteiger charge is -2.14. The van der Waals surface area contributed by atoms with Gasteiger partial charge in [0.05, 0.1) is 41.0 Å². The number of anilines is 3. The average molecular weight is 570 g/mol. The van der Waals surface area contributed by atoms with E-state index in [0.29, 0.717) is 34.0 Å². The molecular weight excluding hydrogens is 546 g/mol. The highest BCUT2D eigenvalue weighted by Crippen LogP contribution is 2.32. The molecule has 0 radical (unpaired) electrons. The summed E-state index contributed by atoms with van der Waals surface area (Å²) >= 11 is 3.50. The smallest absolute Gasteiger partial charge is 0.238 e. The fourth-order valence-electron chi connectivity index (χ4n) is 3.49. The Hall–Kier alpha value is -3.54. The van der Waals surface area contributed by atoms with Gasteiger partial charge in [0.1, 0.15) is 11.5 Å². The predicted molar refractivity (Wildman–Crippen MR) is 143 cm³/mol. The fraction of sp³-hybridized carbons (Fsp3) is 0.160. The summed E-state index contributed by atoms with van der Waals surface area (Å²) in [6.45, 7) is 0.110. The third-order valence-corrected chi connectivity index (χ3v) is 7.53. The van der Waals surface area contributed by atoms with Crippen LogP contribution in [0.4, 0.5) is 17.2 Å². The molecule has 0 atom stereocenters. The molecule has 0 aliphatic carbocycles. The molecule has 0 aliphatic heterocycles. The Kier molecular flexibility index (Phi) is 7.82. The molecule has 36 heavy (non-hydrogen) atoms. The molecule has 0 bridgehead atoms. The zero-order valence-electron chi connectivity index (χ0n) is 19.6. The van der Waals surface area contributed by atoms with Crippen LogP contribution in [0, 0.1) is 0 Å². The van der Waals surface area contributed by atoms with Crippen molar-refractivity contribution in [3.8, 4) is 5.75 Å². The van der Waals surface area contributed by atoms with Crippen molar-refractivity contribution >= 4 is 59.9 Å². The van der Waals surface area contributed by atoms with Gasteiger partial charge in [-0.1, -0.05) is 18.2 Å². The minimum absolute atomic E-state index is 0.0632. The number of nitrogens with one attached hydrogen (secondary N) is 3. The van der Waals surface area contributed by atoms with E-state index in [2.05, 4.69) is 41.8 Å². The van der Waals surface area contributed by atoms with Gasteiger partial charge < -0.3 is 20.7 Å². The first-order valence-electron chi connectivity index (χ1n) is 10.9. The average Bonchev–Trinajstić information content (AvgIpc) is 2.86. The van der Waals surface area contributed by atoms with E-state index in [4.69, 9.17) is 4.74 Å². The van der Waals surface area contributed by atoms with Crippen LogP contribution in [0.25, 0.3) is 11.0 Å². The number of likely N-dealkylation sites (N-methyl/N-ethyl adjacent to an activating group) is 1. The SMILES string of the molecule is CNCC(=O)Nc1cccc(S(=O)(=O)Cc2nc3ccccc3nc2Nc2cc(OC)ccc2Br)c1. The van der Waals surface area contributed by atoms with Crippen LogP contribution in [-0.2, 0) is 20.4 Å². The Balaban J connectivity index is 1.72. The van der Waals surface area contributed by atoms with Crippen molar-refractivity contribution in [2.24, 2.45) is 0 Å². The molecule has 4 rings (SSSR count). The van der Waals surface area contributed by atoms with Crippen molar-refractivity contribution in [3.63, 3.8) is 0 Å². The molecule has 0 aliphatic rings. The van der Waals surface area contributed by atoms with Gasteiger partial charge in [-0.3, -0.25) is 4.79 Å². The van der Waals surface area contributed by atoms with Crippen LogP contribution in [0.2, 0.25) is 0 Å². The highest BCUT2D eigenvalue weighted by atomic mass is 79.9. The number of carbonyl (C=O) groups excluding carboxylic acids is 1.